The van der Waals surface area contributed by atoms with Gasteiger partial charge < -0.3 is 20.6 Å². The number of carbonyl (C=O) groups is 3. The van der Waals surface area contributed by atoms with Crippen LogP contribution in [0.5, 0.6) is 0 Å². The van der Waals surface area contributed by atoms with Crippen molar-refractivity contribution in [1.29, 1.82) is 0 Å². The van der Waals surface area contributed by atoms with Crippen LogP contribution in [-0.2, 0) is 14.4 Å². The fourth-order valence-corrected chi connectivity index (χ4v) is 9.36. The van der Waals surface area contributed by atoms with E-state index in [-0.39, 0.29) is 40.4 Å². The molecule has 3 aliphatic heterocycles. The lowest BCUT2D eigenvalue weighted by atomic mass is 9.70. The molecule has 4 rings (SSSR count). The summed E-state index contributed by atoms with van der Waals surface area (Å²) < 4.78 is -0.717. The maximum Gasteiger partial charge on any atom is 0.244 e. The molecule has 3 amide bonds. The van der Waals surface area contributed by atoms with Crippen LogP contribution < -0.4 is 10.6 Å². The Morgan fingerprint density at radius 1 is 1.27 bits per heavy atom. The van der Waals surface area contributed by atoms with Gasteiger partial charge in [0.1, 0.15) is 6.04 Å². The minimum atomic E-state index is -0.770. The van der Waals surface area contributed by atoms with E-state index in [4.69, 9.17) is 0 Å². The zero-order chi connectivity index (χ0) is 23.9. The molecule has 33 heavy (non-hydrogen) atoms. The summed E-state index contributed by atoms with van der Waals surface area (Å²) in [6.07, 6.45) is 1.43. The van der Waals surface area contributed by atoms with E-state index in [9.17, 15) is 19.5 Å². The van der Waals surface area contributed by atoms with Crippen molar-refractivity contribution in [3.8, 4) is 0 Å². The number of aliphatic hydroxyl groups is 1. The van der Waals surface area contributed by atoms with Crippen LogP contribution in [0.3, 0.4) is 0 Å². The van der Waals surface area contributed by atoms with E-state index in [1.54, 1.807) is 16.7 Å². The number of benzene rings is 1. The first kappa shape index (κ1) is 24.5. The maximum atomic E-state index is 14.1. The molecule has 3 N–H and O–H groups in total. The highest BCUT2D eigenvalue weighted by atomic mass is 79.9. The summed E-state index contributed by atoms with van der Waals surface area (Å²) in [5.74, 6) is -1.67. The van der Waals surface area contributed by atoms with Crippen molar-refractivity contribution in [1.82, 2.24) is 15.5 Å². The predicted molar refractivity (Wildman–Crippen MR) is 132 cm³/mol. The van der Waals surface area contributed by atoms with E-state index in [2.05, 4.69) is 26.6 Å². The van der Waals surface area contributed by atoms with Gasteiger partial charge in [0.15, 0.2) is 0 Å². The molecule has 0 aromatic heterocycles. The minimum absolute atomic E-state index is 0.0301. The van der Waals surface area contributed by atoms with Crippen LogP contribution >= 0.6 is 27.7 Å². The first-order valence-corrected chi connectivity index (χ1v) is 13.4. The molecule has 7 atom stereocenters. The number of alkyl halides is 1. The Morgan fingerprint density at radius 2 is 1.97 bits per heavy atom. The number of thioether (sulfide) groups is 1. The van der Waals surface area contributed by atoms with Gasteiger partial charge in [-0.1, -0.05) is 53.2 Å². The van der Waals surface area contributed by atoms with Crippen LogP contribution in [0.15, 0.2) is 30.3 Å². The van der Waals surface area contributed by atoms with E-state index in [1.807, 2.05) is 51.1 Å². The van der Waals surface area contributed by atoms with Gasteiger partial charge in [-0.05, 0) is 32.3 Å². The zero-order valence-electron chi connectivity index (χ0n) is 19.2. The SMILES string of the molecule is CCCNC(=O)[C@H]1[C@H]2C(=O)N([C@H](CO)c3ccccc3)C(C(=O)NC(C)C)C23CC(Br)[C@@H]1S3. The van der Waals surface area contributed by atoms with Gasteiger partial charge in [0.05, 0.1) is 29.2 Å². The average Bonchev–Trinajstić information content (AvgIpc) is 3.37. The van der Waals surface area contributed by atoms with Gasteiger partial charge >= 0.3 is 0 Å². The number of amides is 3. The lowest BCUT2D eigenvalue weighted by molar-refractivity contribution is -0.143. The van der Waals surface area contributed by atoms with Crippen LogP contribution in [0.1, 0.15) is 45.2 Å². The highest BCUT2D eigenvalue weighted by Crippen LogP contribution is 2.68. The van der Waals surface area contributed by atoms with Crippen LogP contribution in [-0.4, -0.2) is 67.8 Å². The molecule has 9 heteroatoms. The fourth-order valence-electron chi connectivity index (χ4n) is 5.76. The van der Waals surface area contributed by atoms with Crippen molar-refractivity contribution in [3.63, 3.8) is 0 Å². The quantitative estimate of drug-likeness (QED) is 0.441. The standard InChI is InChI=1S/C24H32BrN3O4S/c1-4-10-26-21(30)17-18-23(32)28(16(12-29)14-8-6-5-7-9-14)20(22(31)27-13(2)3)24(18)11-15(25)19(17)33-24/h5-9,13,15-20,29H,4,10-12H2,1-3H3,(H,26,30)(H,27,31)/t15?,16-,17+,18+,19+,20?,24?/m1/s1. The van der Waals surface area contributed by atoms with Crippen LogP contribution in [0.2, 0.25) is 0 Å². The number of nitrogens with zero attached hydrogens (tertiary/aromatic N) is 1. The lowest BCUT2D eigenvalue weighted by Gasteiger charge is -2.37. The topological polar surface area (TPSA) is 98.7 Å². The predicted octanol–water partition coefficient (Wildman–Crippen LogP) is 2.24. The molecule has 3 unspecified atom stereocenters. The van der Waals surface area contributed by atoms with Crippen LogP contribution in [0.25, 0.3) is 0 Å². The van der Waals surface area contributed by atoms with Crippen molar-refractivity contribution >= 4 is 45.4 Å². The van der Waals surface area contributed by atoms with Crippen molar-refractivity contribution < 1.29 is 19.5 Å². The zero-order valence-corrected chi connectivity index (χ0v) is 21.6. The van der Waals surface area contributed by atoms with E-state index in [0.29, 0.717) is 13.0 Å². The van der Waals surface area contributed by atoms with Crippen LogP contribution in [0.4, 0.5) is 0 Å². The Bertz CT molecular complexity index is 916. The Hall–Kier alpha value is -1.58. The molecule has 3 aliphatic rings. The van der Waals surface area contributed by atoms with Crippen molar-refractivity contribution in [3.05, 3.63) is 35.9 Å². The number of aliphatic hydroxyl groups excluding tert-OH is 1. The third kappa shape index (κ3) is 4.00. The molecule has 1 aromatic rings. The summed E-state index contributed by atoms with van der Waals surface area (Å²) in [7, 11) is 0. The van der Waals surface area contributed by atoms with Gasteiger partial charge in [0.25, 0.3) is 0 Å². The Kier molecular flexibility index (Phi) is 7.13. The van der Waals surface area contributed by atoms with E-state index in [1.165, 1.54) is 0 Å². The lowest BCUT2D eigenvalue weighted by Crippen LogP contribution is -2.56. The van der Waals surface area contributed by atoms with Crippen molar-refractivity contribution in [2.45, 2.75) is 66.6 Å². The molecule has 3 saturated heterocycles. The Balaban J connectivity index is 1.80. The van der Waals surface area contributed by atoms with E-state index >= 15 is 0 Å². The van der Waals surface area contributed by atoms with Crippen molar-refractivity contribution in [2.75, 3.05) is 13.2 Å². The molecule has 1 aromatic carbocycles. The number of hydrogen-bond donors (Lipinski definition) is 3. The summed E-state index contributed by atoms with van der Waals surface area (Å²) in [6, 6.07) is 7.79. The van der Waals surface area contributed by atoms with E-state index < -0.39 is 28.7 Å². The monoisotopic (exact) mass is 537 g/mol. The minimum Gasteiger partial charge on any atom is -0.394 e. The number of hydrogen-bond acceptors (Lipinski definition) is 5. The average molecular weight is 539 g/mol. The Labute approximate surface area is 207 Å². The molecule has 1 spiro atoms. The Morgan fingerprint density at radius 3 is 2.58 bits per heavy atom. The number of fused-ring (bicyclic) bond motifs is 1. The van der Waals surface area contributed by atoms with Crippen molar-refractivity contribution in [2.24, 2.45) is 11.8 Å². The normalized spacial score (nSPS) is 33.3. The molecular formula is C24H32BrN3O4S. The van der Waals surface area contributed by atoms with Gasteiger partial charge in [-0.15, -0.1) is 11.8 Å². The van der Waals surface area contributed by atoms with Gasteiger partial charge in [-0.2, -0.15) is 0 Å². The summed E-state index contributed by atoms with van der Waals surface area (Å²) in [4.78, 5) is 42.5. The molecule has 0 saturated carbocycles. The second-order valence-electron chi connectivity index (χ2n) is 9.47. The van der Waals surface area contributed by atoms with E-state index in [0.717, 1.165) is 12.0 Å². The summed E-state index contributed by atoms with van der Waals surface area (Å²) >= 11 is 5.37. The highest BCUT2D eigenvalue weighted by Gasteiger charge is 2.76. The second-order valence-corrected chi connectivity index (χ2v) is 12.2. The smallest absolute Gasteiger partial charge is 0.244 e. The van der Waals surface area contributed by atoms with Gasteiger partial charge in [0.2, 0.25) is 17.7 Å². The first-order chi connectivity index (χ1) is 15.8. The second kappa shape index (κ2) is 9.58. The largest absolute Gasteiger partial charge is 0.394 e. The third-order valence-electron chi connectivity index (χ3n) is 6.95. The molecule has 3 heterocycles. The number of halogens is 1. The summed E-state index contributed by atoms with van der Waals surface area (Å²) in [5.41, 5.74) is 0.772. The number of rotatable bonds is 8. The molecule has 0 aliphatic carbocycles. The molecule has 3 fully saturated rings. The molecule has 2 bridgehead atoms. The maximum absolute atomic E-state index is 14.1. The molecule has 180 valence electrons. The molecule has 0 radical (unpaired) electrons. The number of likely N-dealkylation sites (tertiary alicyclic amines) is 1. The van der Waals surface area contributed by atoms with Gasteiger partial charge in [-0.3, -0.25) is 14.4 Å². The molecular weight excluding hydrogens is 506 g/mol. The first-order valence-electron chi connectivity index (χ1n) is 11.6. The number of carbonyl (C=O) groups excluding carboxylic acids is 3. The third-order valence-corrected chi connectivity index (χ3v) is 10.2. The summed E-state index contributed by atoms with van der Waals surface area (Å²) in [6.45, 7) is 6.02. The summed E-state index contributed by atoms with van der Waals surface area (Å²) in [5, 5.41) is 16.3. The fraction of sp³-hybridized carbons (Fsp3) is 0.625. The highest BCUT2D eigenvalue weighted by molar-refractivity contribution is 9.09. The van der Waals surface area contributed by atoms with Gasteiger partial charge in [-0.25, -0.2) is 0 Å². The number of nitrogens with one attached hydrogen (secondary N) is 2. The van der Waals surface area contributed by atoms with Crippen LogP contribution in [0, 0.1) is 11.8 Å². The van der Waals surface area contributed by atoms with Gasteiger partial charge in [0, 0.05) is 22.7 Å². The molecule has 7 nitrogen and oxygen atoms in total.